The van der Waals surface area contributed by atoms with Crippen LogP contribution in [-0.2, 0) is 117 Å². The zero-order valence-corrected chi connectivity index (χ0v) is 70.6. The minimum Gasteiger partial charge on any atom is -0.394 e. The van der Waals surface area contributed by atoms with Gasteiger partial charge in [-0.05, 0) is 88.9 Å². The fourth-order valence-electron chi connectivity index (χ4n) is 18.5. The molecule has 0 bridgehead atoms. The molecule has 12 N–H and O–H groups in total. The average Bonchev–Trinajstić information content (AvgIpc) is 0.904. The molecule has 39 nitrogen and oxygen atoms in total. The third kappa shape index (κ3) is 25.8. The van der Waals surface area contributed by atoms with Gasteiger partial charge in [0.05, 0.1) is 128 Å². The van der Waals surface area contributed by atoms with E-state index in [-0.39, 0.29) is 115 Å². The molecule has 2 aromatic rings. The van der Waals surface area contributed by atoms with Crippen LogP contribution in [0.25, 0.3) is 0 Å². The molecule has 6 saturated heterocycles. The highest BCUT2D eigenvalue weighted by molar-refractivity contribution is 5.82. The van der Waals surface area contributed by atoms with Crippen molar-refractivity contribution in [2.45, 2.75) is 355 Å². The molecule has 121 heavy (non-hydrogen) atoms. The summed E-state index contributed by atoms with van der Waals surface area (Å²) in [5, 5.41) is 133. The first-order valence-electron chi connectivity index (χ1n) is 44.6. The third-order valence-corrected chi connectivity index (χ3v) is 25.9. The molecule has 0 spiro atoms. The molecule has 4 aliphatic carbocycles. The second kappa shape index (κ2) is 47.3. The molecule has 6 aliphatic heterocycles. The zero-order chi connectivity index (χ0) is 85.6. The summed E-state index contributed by atoms with van der Waals surface area (Å²) < 4.78 is 96.2. The number of likely N-dealkylation sites (tertiary alicyclic amines) is 2. The van der Waals surface area contributed by atoms with Gasteiger partial charge in [-0.2, -0.15) is 0 Å². The molecule has 0 aromatic carbocycles. The summed E-state index contributed by atoms with van der Waals surface area (Å²) in [6, 6.07) is -2.52. The Labute approximate surface area is 706 Å². The summed E-state index contributed by atoms with van der Waals surface area (Å²) in [4.78, 5) is 60.8. The molecule has 39 heteroatoms. The molecule has 4 amide bonds. The smallest absolute Gasteiger partial charge is 0.251 e. The van der Waals surface area contributed by atoms with Crippen molar-refractivity contribution in [2.75, 3.05) is 92.2 Å². The number of aliphatic hydroxyl groups is 10. The molecule has 688 valence electrons. The number of ether oxygens (including phenoxy) is 15. The van der Waals surface area contributed by atoms with Gasteiger partial charge in [0, 0.05) is 26.2 Å². The number of amides is 4. The van der Waals surface area contributed by atoms with E-state index in [0.717, 1.165) is 89.9 Å². The summed E-state index contributed by atoms with van der Waals surface area (Å²) in [6.07, 6.45) is -8.74. The van der Waals surface area contributed by atoms with Crippen LogP contribution < -0.4 is 10.6 Å². The summed E-state index contributed by atoms with van der Waals surface area (Å²) in [5.41, 5.74) is 0.844. The molecule has 10 fully saturated rings. The molecule has 12 rings (SSSR count). The van der Waals surface area contributed by atoms with E-state index in [1.807, 2.05) is 13.8 Å². The van der Waals surface area contributed by atoms with Crippen molar-refractivity contribution in [3.05, 3.63) is 23.8 Å². The van der Waals surface area contributed by atoms with Crippen LogP contribution in [0, 0.1) is 23.7 Å². The summed E-state index contributed by atoms with van der Waals surface area (Å²) in [6.45, 7) is 9.47. The van der Waals surface area contributed by atoms with Crippen LogP contribution in [0.3, 0.4) is 0 Å². The van der Waals surface area contributed by atoms with Crippen molar-refractivity contribution in [1.29, 1.82) is 0 Å². The molecular weight excluding hydrogens is 1590 g/mol. The Morgan fingerprint density at radius 2 is 0.802 bits per heavy atom. The predicted molar refractivity (Wildman–Crippen MR) is 421 cm³/mol. The van der Waals surface area contributed by atoms with Gasteiger partial charge in [0.2, 0.25) is 11.8 Å². The highest BCUT2D eigenvalue weighted by atomic mass is 16.7. The van der Waals surface area contributed by atoms with E-state index in [1.165, 1.54) is 9.36 Å². The first-order chi connectivity index (χ1) is 58.6. The standard InChI is InChI=1S/C82H136N10O29/c1-5-51-21-13-23-55(73(51)120-81-71(103)69(101)65(97)47(3)112-81)116-79-63(75(67(99)59(43-93)118-79)114-57(77(105)89-25-15-26-89)37-49-17-9-7-10-18-49)83-61(95)41-91-39-53(85-87-91)45-110-35-33-108-31-29-107-30-32-109-34-36-111-46-54-40-92(88-86-54)42-62(96)84-64-76(115-58(78(106)90-27-16-28-90)38-50-19-11-8-12-20-50)68(100)60(44-94)119-80(64)117-56-24-14-22-52(6-2)74(56)121-82-72(104)70(102)66(98)48(4)113-82/h39-40,47-52,55-60,63-76,79-82,93-94,97-104H,5-38,41-46H2,1-4H3,(H,83,95)(H,84,96)/t47?,48?,51?,52?,55-,56-,57+,58+,59+,60+,63?,64?,65-,66-,67+,68+,69+,70+,71?,72?,73-,74-,75?,76?,79-,80-,81+,82+/m1/s1. The van der Waals surface area contributed by atoms with Crippen LogP contribution in [0.15, 0.2) is 12.4 Å². The minimum absolute atomic E-state index is 0.0450. The number of carbonyl (C=O) groups is 4. The van der Waals surface area contributed by atoms with Crippen LogP contribution in [0.1, 0.15) is 180 Å². The van der Waals surface area contributed by atoms with E-state index in [2.05, 4.69) is 31.3 Å². The number of nitrogens with zero attached hydrogens (tertiary/aromatic N) is 8. The molecule has 0 radical (unpaired) electrons. The van der Waals surface area contributed by atoms with Crippen molar-refractivity contribution in [1.82, 2.24) is 50.4 Å². The summed E-state index contributed by atoms with van der Waals surface area (Å²) in [7, 11) is 0. The molecule has 8 heterocycles. The first kappa shape index (κ1) is 95.3. The molecule has 2 aromatic heterocycles. The van der Waals surface area contributed by atoms with Crippen molar-refractivity contribution >= 4 is 23.6 Å². The lowest BCUT2D eigenvalue weighted by Crippen LogP contribution is -2.68. The number of hydrogen-bond donors (Lipinski definition) is 12. The van der Waals surface area contributed by atoms with E-state index < -0.39 is 184 Å². The van der Waals surface area contributed by atoms with Gasteiger partial charge in [-0.3, -0.25) is 19.2 Å². The fraction of sp³-hybridized carbons (Fsp3) is 0.902. The van der Waals surface area contributed by atoms with Gasteiger partial charge in [-0.25, -0.2) is 9.36 Å². The van der Waals surface area contributed by atoms with Crippen molar-refractivity contribution < 1.29 is 141 Å². The van der Waals surface area contributed by atoms with E-state index in [9.17, 15) is 70.2 Å². The monoisotopic (exact) mass is 1720 g/mol. The second-order valence-corrected chi connectivity index (χ2v) is 34.5. The molecule has 10 unspecified atom stereocenters. The Kier molecular flexibility index (Phi) is 37.2. The van der Waals surface area contributed by atoms with Crippen molar-refractivity contribution in [3.63, 3.8) is 0 Å². The maximum atomic E-state index is 14.4. The van der Waals surface area contributed by atoms with Crippen molar-refractivity contribution in [2.24, 2.45) is 23.7 Å². The van der Waals surface area contributed by atoms with Crippen LogP contribution in [-0.4, -0.2) is 366 Å². The van der Waals surface area contributed by atoms with E-state index in [4.69, 9.17) is 71.1 Å². The van der Waals surface area contributed by atoms with Crippen LogP contribution >= 0.6 is 0 Å². The summed E-state index contributed by atoms with van der Waals surface area (Å²) in [5.74, 6) is -1.47. The van der Waals surface area contributed by atoms with Gasteiger partial charge in [0.1, 0.15) is 122 Å². The molecule has 4 saturated carbocycles. The lowest BCUT2D eigenvalue weighted by atomic mass is 9.82. The number of carbonyl (C=O) groups excluding carboxylic acids is 4. The Morgan fingerprint density at radius 1 is 0.430 bits per heavy atom. The third-order valence-electron chi connectivity index (χ3n) is 25.9. The van der Waals surface area contributed by atoms with E-state index >= 15 is 0 Å². The Bertz CT molecular complexity index is 3200. The van der Waals surface area contributed by atoms with Gasteiger partial charge in [0.15, 0.2) is 25.2 Å². The Balaban J connectivity index is 0.575. The normalized spacial score (nSPS) is 35.8. The highest BCUT2D eigenvalue weighted by Gasteiger charge is 2.56. The maximum Gasteiger partial charge on any atom is 0.251 e. The van der Waals surface area contributed by atoms with Crippen molar-refractivity contribution in [3.8, 4) is 0 Å². The second-order valence-electron chi connectivity index (χ2n) is 34.5. The van der Waals surface area contributed by atoms with Gasteiger partial charge >= 0.3 is 0 Å². The number of aromatic nitrogens is 6. The van der Waals surface area contributed by atoms with Gasteiger partial charge < -0.3 is 143 Å². The Hall–Kier alpha value is -4.84. The lowest BCUT2D eigenvalue weighted by molar-refractivity contribution is -0.337. The first-order valence-corrected chi connectivity index (χ1v) is 44.6. The minimum atomic E-state index is -1.58. The largest absolute Gasteiger partial charge is 0.394 e. The number of hydrogen-bond acceptors (Lipinski definition) is 33. The van der Waals surface area contributed by atoms with Crippen LogP contribution in [0.5, 0.6) is 0 Å². The van der Waals surface area contributed by atoms with E-state index in [0.29, 0.717) is 88.9 Å². The molecule has 28 atom stereocenters. The zero-order valence-electron chi connectivity index (χ0n) is 70.6. The van der Waals surface area contributed by atoms with Crippen LogP contribution in [0.2, 0.25) is 0 Å². The average molecular weight is 1730 g/mol. The van der Waals surface area contributed by atoms with Crippen LogP contribution in [0.4, 0.5) is 0 Å². The quantitative estimate of drug-likeness (QED) is 0.0365. The molecular formula is C82H136N10O29. The van der Waals surface area contributed by atoms with E-state index in [1.54, 1.807) is 36.0 Å². The summed E-state index contributed by atoms with van der Waals surface area (Å²) >= 11 is 0. The number of aliphatic hydroxyl groups excluding tert-OH is 10. The van der Waals surface area contributed by atoms with Gasteiger partial charge in [0.25, 0.3) is 11.8 Å². The molecule has 10 aliphatic rings. The van der Waals surface area contributed by atoms with Gasteiger partial charge in [-0.1, -0.05) is 114 Å². The predicted octanol–water partition coefficient (Wildman–Crippen LogP) is -0.692. The SMILES string of the molecule is CCC1CCC[C@@H](O[C@@H]2O[C@@H](CO)[C@H](O)C(O[C@@H](CC3CCCCC3)C(=O)N3CCC3)C2NC(=O)Cn2cc(COCCOCCOCCOCCOCc3cn(CC(=O)NC4C(O[C@@H](CC5CCCCC5)C(=O)N5CCC5)[C@@H](O)[C@H](CO)O[C@H]4O[C@@H]4CCCC(CC)[C@H]4O[C@@H]4OC(C)[C@@H](O)[C@H](O)C4O)nn3)nn2)[C@@H]1O[C@@H]1OC(C)[C@@H](O)[C@H](O)C1O. The number of nitrogens with one attached hydrogen (secondary N) is 2. The lowest BCUT2D eigenvalue weighted by Gasteiger charge is -2.49. The highest BCUT2D eigenvalue weighted by Crippen LogP contribution is 2.42. The Morgan fingerprint density at radius 3 is 1.15 bits per heavy atom. The number of rotatable bonds is 44. The fourth-order valence-corrected chi connectivity index (χ4v) is 18.5. The topological polar surface area (TPSA) is 501 Å². The maximum absolute atomic E-state index is 14.4. The van der Waals surface area contributed by atoms with Gasteiger partial charge in [-0.15, -0.1) is 10.2 Å².